The molecule has 3 saturated heterocycles. The molecule has 1 saturated carbocycles. The van der Waals surface area contributed by atoms with Crippen LogP contribution in [0, 0.1) is 6.92 Å². The molecule has 348 valence electrons. The van der Waals surface area contributed by atoms with Crippen molar-refractivity contribution in [1.82, 2.24) is 35.0 Å². The summed E-state index contributed by atoms with van der Waals surface area (Å²) in [5, 5.41) is 9.20. The van der Waals surface area contributed by atoms with Gasteiger partial charge in [0.05, 0.1) is 35.0 Å². The Hall–Kier alpha value is -6.11. The molecule has 0 spiro atoms. The zero-order valence-electron chi connectivity index (χ0n) is 37.8. The standard InChI is InChI=1S/C47H55ClN10O8/c1-25(2)57-36-8-6-29(18-28(36)19-38(45(57)63)65-24-40(60)49-5)51-42-34(48)22-50-47(53-42)54-14-12-31(13-15-54)66-32-20-30(21-32)55-16-17-56(26(3)23-55)35-9-7-33-41(27(35)4)46(64)58(44(33)62)37-10-11-39(59)52-43(37)61/h6-9,18-19,22,25-26,30-32,37H,10-17,20-21,23-24H2,1-5H3,(H,49,60)(H,50,51,53)(H,52,59,61)/t26-,30?,32?,37-/m1/s1. The maximum Gasteiger partial charge on any atom is 0.293 e. The van der Waals surface area contributed by atoms with Crippen LogP contribution in [0.1, 0.15) is 91.6 Å². The van der Waals surface area contributed by atoms with Crippen LogP contribution in [0.4, 0.5) is 23.1 Å². The van der Waals surface area contributed by atoms with Gasteiger partial charge in [0.2, 0.25) is 17.8 Å². The van der Waals surface area contributed by atoms with E-state index < -0.39 is 29.7 Å². The number of fused-ring (bicyclic) bond motifs is 2. The highest BCUT2D eigenvalue weighted by Crippen LogP contribution is 2.38. The lowest BCUT2D eigenvalue weighted by Gasteiger charge is -2.50. The predicted octanol–water partition coefficient (Wildman–Crippen LogP) is 4.33. The van der Waals surface area contributed by atoms with Crippen molar-refractivity contribution < 1.29 is 33.4 Å². The molecule has 66 heavy (non-hydrogen) atoms. The topological polar surface area (TPSA) is 201 Å². The minimum Gasteiger partial charge on any atom is -0.478 e. The van der Waals surface area contributed by atoms with Crippen LogP contribution in [-0.2, 0) is 19.1 Å². The van der Waals surface area contributed by atoms with E-state index in [-0.39, 0.29) is 61.0 Å². The average Bonchev–Trinajstić information content (AvgIpc) is 3.53. The molecule has 2 aromatic carbocycles. The number of halogens is 1. The fourth-order valence-electron chi connectivity index (χ4n) is 10.1. The highest BCUT2D eigenvalue weighted by molar-refractivity contribution is 6.33. The molecule has 2 atom stereocenters. The third-order valence-corrected chi connectivity index (χ3v) is 13.9. The van der Waals surface area contributed by atoms with Crippen LogP contribution in [0.15, 0.2) is 47.4 Å². The molecule has 19 heteroatoms. The van der Waals surface area contributed by atoms with Crippen LogP contribution in [0.2, 0.25) is 5.02 Å². The number of aromatic nitrogens is 3. The first-order chi connectivity index (χ1) is 31.7. The summed E-state index contributed by atoms with van der Waals surface area (Å²) in [7, 11) is 1.51. The van der Waals surface area contributed by atoms with E-state index >= 15 is 0 Å². The zero-order valence-corrected chi connectivity index (χ0v) is 38.5. The SMILES string of the molecule is CNC(=O)COc1cc2cc(Nc3nc(N4CCC(OC5CC(N6CCN(c7ccc8c(c7C)C(=O)N([C@@H]7CCC(=O)NC7=O)C8=O)[C@H](C)C6)C5)CC4)ncc3Cl)ccc2n(C(C)C)c1=O. The number of nitrogens with one attached hydrogen (secondary N) is 3. The van der Waals surface area contributed by atoms with Gasteiger partial charge in [0.1, 0.15) is 11.1 Å². The third-order valence-electron chi connectivity index (χ3n) is 13.7. The van der Waals surface area contributed by atoms with E-state index in [1.54, 1.807) is 22.9 Å². The number of hydrogen-bond acceptors (Lipinski definition) is 14. The second kappa shape index (κ2) is 18.3. The molecular formula is C47H55ClN10O8. The van der Waals surface area contributed by atoms with Crippen molar-refractivity contribution in [2.45, 2.75) is 103 Å². The molecule has 3 N–H and O–H groups in total. The molecule has 18 nitrogen and oxygen atoms in total. The molecule has 0 radical (unpaired) electrons. The summed E-state index contributed by atoms with van der Waals surface area (Å²) >= 11 is 6.61. The molecule has 5 amide bonds. The van der Waals surface area contributed by atoms with E-state index in [0.717, 1.165) is 85.5 Å². The first-order valence-corrected chi connectivity index (χ1v) is 23.1. The van der Waals surface area contributed by atoms with Gasteiger partial charge < -0.3 is 34.5 Å². The molecule has 5 aliphatic rings. The van der Waals surface area contributed by atoms with Crippen molar-refractivity contribution in [3.8, 4) is 5.75 Å². The summed E-state index contributed by atoms with van der Waals surface area (Å²) in [6.45, 7) is 11.6. The van der Waals surface area contributed by atoms with Crippen molar-refractivity contribution >= 4 is 75.2 Å². The molecule has 1 aliphatic carbocycles. The van der Waals surface area contributed by atoms with Crippen molar-refractivity contribution in [3.05, 3.63) is 74.7 Å². The number of nitrogens with zero attached hydrogens (tertiary/aromatic N) is 7. The van der Waals surface area contributed by atoms with Crippen LogP contribution in [0.5, 0.6) is 5.75 Å². The normalized spacial score (nSPS) is 22.7. The summed E-state index contributed by atoms with van der Waals surface area (Å²) in [6, 6.07) is 10.3. The van der Waals surface area contributed by atoms with E-state index in [4.69, 9.17) is 26.1 Å². The quantitative estimate of drug-likeness (QED) is 0.170. The van der Waals surface area contributed by atoms with Gasteiger partial charge in [0.15, 0.2) is 18.2 Å². The van der Waals surface area contributed by atoms with Crippen LogP contribution < -0.4 is 36.0 Å². The molecule has 9 rings (SSSR count). The number of piperidine rings is 2. The van der Waals surface area contributed by atoms with Gasteiger partial charge in [-0.25, -0.2) is 4.98 Å². The van der Waals surface area contributed by atoms with Crippen molar-refractivity contribution in [2.24, 2.45) is 0 Å². The Morgan fingerprint density at radius 1 is 0.970 bits per heavy atom. The number of pyridine rings is 1. The summed E-state index contributed by atoms with van der Waals surface area (Å²) in [5.41, 5.74) is 3.40. The Kier molecular flexibility index (Phi) is 12.5. The molecule has 0 bridgehead atoms. The largest absolute Gasteiger partial charge is 0.478 e. The van der Waals surface area contributed by atoms with Crippen molar-refractivity contribution in [3.63, 3.8) is 0 Å². The smallest absolute Gasteiger partial charge is 0.293 e. The van der Waals surface area contributed by atoms with Crippen LogP contribution >= 0.6 is 11.6 Å². The molecular weight excluding hydrogens is 868 g/mol. The van der Waals surface area contributed by atoms with Gasteiger partial charge >= 0.3 is 0 Å². The Balaban J connectivity index is 0.763. The zero-order chi connectivity index (χ0) is 46.6. The van der Waals surface area contributed by atoms with Crippen molar-refractivity contribution in [2.75, 3.05) is 61.5 Å². The van der Waals surface area contributed by atoms with Gasteiger partial charge in [-0.05, 0) is 102 Å². The first kappa shape index (κ1) is 45.1. The number of rotatable bonds is 12. The van der Waals surface area contributed by atoms with Gasteiger partial charge in [0, 0.05) is 81.1 Å². The average molecular weight is 923 g/mol. The van der Waals surface area contributed by atoms with Gasteiger partial charge in [-0.2, -0.15) is 4.98 Å². The minimum atomic E-state index is -0.994. The monoisotopic (exact) mass is 922 g/mol. The fourth-order valence-corrected chi connectivity index (χ4v) is 10.2. The number of carbonyl (C=O) groups is 5. The van der Waals surface area contributed by atoms with Gasteiger partial charge in [-0.1, -0.05) is 11.6 Å². The molecule has 4 aromatic rings. The minimum absolute atomic E-state index is 0.0802. The Labute approximate surface area is 386 Å². The number of ether oxygens (including phenoxy) is 2. The summed E-state index contributed by atoms with van der Waals surface area (Å²) in [6.07, 6.45) is 5.78. The van der Waals surface area contributed by atoms with E-state index in [1.807, 2.05) is 45.0 Å². The molecule has 4 fully saturated rings. The third kappa shape index (κ3) is 8.57. The second-order valence-electron chi connectivity index (χ2n) is 18.2. The molecule has 4 aliphatic heterocycles. The number of likely N-dealkylation sites (N-methyl/N-ethyl adjacent to an activating group) is 1. The lowest BCUT2D eigenvalue weighted by Crippen LogP contribution is -2.59. The molecule has 2 aromatic heterocycles. The van der Waals surface area contributed by atoms with Crippen LogP contribution in [0.3, 0.4) is 0 Å². The van der Waals surface area contributed by atoms with Crippen LogP contribution in [-0.4, -0.2) is 131 Å². The number of benzene rings is 2. The Morgan fingerprint density at radius 3 is 2.45 bits per heavy atom. The number of anilines is 4. The molecule has 6 heterocycles. The lowest BCUT2D eigenvalue weighted by molar-refractivity contribution is -0.136. The number of imide groups is 2. The highest BCUT2D eigenvalue weighted by Gasteiger charge is 2.46. The number of hydrogen-bond donors (Lipinski definition) is 3. The Bertz CT molecular complexity index is 2680. The second-order valence-corrected chi connectivity index (χ2v) is 18.6. The maximum absolute atomic E-state index is 13.7. The fraction of sp³-hybridized carbons (Fsp3) is 0.489. The Morgan fingerprint density at radius 2 is 1.74 bits per heavy atom. The van der Waals surface area contributed by atoms with Crippen LogP contribution in [0.25, 0.3) is 10.9 Å². The number of piperazine rings is 1. The van der Waals surface area contributed by atoms with Gasteiger partial charge in [-0.3, -0.25) is 43.9 Å². The summed E-state index contributed by atoms with van der Waals surface area (Å²) < 4.78 is 13.9. The summed E-state index contributed by atoms with van der Waals surface area (Å²) in [4.78, 5) is 93.8. The van der Waals surface area contributed by atoms with Gasteiger partial charge in [0.25, 0.3) is 23.3 Å². The number of carbonyl (C=O) groups excluding carboxylic acids is 5. The van der Waals surface area contributed by atoms with E-state index in [9.17, 15) is 28.8 Å². The molecule has 0 unspecified atom stereocenters. The van der Waals surface area contributed by atoms with E-state index in [2.05, 4.69) is 42.6 Å². The van der Waals surface area contributed by atoms with Gasteiger partial charge in [-0.15, -0.1) is 0 Å². The van der Waals surface area contributed by atoms with E-state index in [0.29, 0.717) is 39.6 Å². The van der Waals surface area contributed by atoms with Crippen molar-refractivity contribution in [1.29, 1.82) is 0 Å². The number of amides is 5. The van der Waals surface area contributed by atoms with E-state index in [1.165, 1.54) is 7.05 Å². The lowest BCUT2D eigenvalue weighted by atomic mass is 9.86. The predicted molar refractivity (Wildman–Crippen MR) is 248 cm³/mol. The summed E-state index contributed by atoms with van der Waals surface area (Å²) in [5.74, 6) is -1.21. The maximum atomic E-state index is 13.7. The highest BCUT2D eigenvalue weighted by atomic mass is 35.5. The first-order valence-electron chi connectivity index (χ1n) is 22.8.